The van der Waals surface area contributed by atoms with Crippen LogP contribution in [0.25, 0.3) is 0 Å². The molecule has 0 fully saturated rings. The lowest BCUT2D eigenvalue weighted by Crippen LogP contribution is -2.15. The quantitative estimate of drug-likeness (QED) is 0.736. The third-order valence-electron chi connectivity index (χ3n) is 2.22. The molecule has 1 unspecified atom stereocenters. The number of benzene rings is 1. The molecule has 0 saturated carbocycles. The normalized spacial score (nSPS) is 15.5. The summed E-state index contributed by atoms with van der Waals surface area (Å²) in [5.74, 6) is 1.40. The molecule has 0 spiro atoms. The van der Waals surface area contributed by atoms with E-state index in [2.05, 4.69) is 6.07 Å². The number of nitriles is 1. The van der Waals surface area contributed by atoms with Crippen molar-refractivity contribution in [2.24, 2.45) is 0 Å². The topological polar surface area (TPSA) is 51.5 Å². The van der Waals surface area contributed by atoms with Crippen LogP contribution in [0, 0.1) is 11.3 Å². The maximum atomic E-state index is 8.84. The van der Waals surface area contributed by atoms with Gasteiger partial charge in [0, 0.05) is 7.11 Å². The first-order valence-corrected chi connectivity index (χ1v) is 4.67. The summed E-state index contributed by atoms with van der Waals surface area (Å²) < 4.78 is 15.8. The predicted octanol–water partition coefficient (Wildman–Crippen LogP) is 1.67. The Morgan fingerprint density at radius 2 is 2.07 bits per heavy atom. The standard InChI is InChI=1S/C11H11NO3/c1-13-11(7-12)8-2-3-9-10(6-8)15-5-4-14-9/h2-3,6,11H,4-5H2,1H3. The monoisotopic (exact) mass is 205 g/mol. The first kappa shape index (κ1) is 9.81. The van der Waals surface area contributed by atoms with Crippen LogP contribution in [0.2, 0.25) is 0 Å². The lowest BCUT2D eigenvalue weighted by Gasteiger charge is -2.19. The second-order valence-electron chi connectivity index (χ2n) is 3.15. The van der Waals surface area contributed by atoms with E-state index in [1.807, 2.05) is 6.07 Å². The fourth-order valence-electron chi connectivity index (χ4n) is 1.49. The molecule has 1 heterocycles. The molecule has 1 aromatic carbocycles. The maximum absolute atomic E-state index is 8.84. The van der Waals surface area contributed by atoms with Gasteiger partial charge in [0.2, 0.25) is 0 Å². The van der Waals surface area contributed by atoms with Crippen LogP contribution in [-0.4, -0.2) is 20.3 Å². The summed E-state index contributed by atoms with van der Waals surface area (Å²) in [6.07, 6.45) is -0.555. The van der Waals surface area contributed by atoms with Crippen molar-refractivity contribution in [3.8, 4) is 17.6 Å². The number of nitrogens with zero attached hydrogens (tertiary/aromatic N) is 1. The molecule has 1 aliphatic heterocycles. The Labute approximate surface area is 88.0 Å². The van der Waals surface area contributed by atoms with Crippen LogP contribution in [-0.2, 0) is 4.74 Å². The molecule has 0 bridgehead atoms. The zero-order chi connectivity index (χ0) is 10.7. The van der Waals surface area contributed by atoms with Gasteiger partial charge in [-0.2, -0.15) is 5.26 Å². The van der Waals surface area contributed by atoms with Crippen LogP contribution in [0.15, 0.2) is 18.2 Å². The molecule has 1 aliphatic rings. The number of methoxy groups -OCH3 is 1. The van der Waals surface area contributed by atoms with E-state index >= 15 is 0 Å². The Morgan fingerprint density at radius 1 is 1.33 bits per heavy atom. The highest BCUT2D eigenvalue weighted by molar-refractivity contribution is 5.45. The molecule has 0 aliphatic carbocycles. The Hall–Kier alpha value is -1.73. The molecule has 4 heteroatoms. The molecular weight excluding hydrogens is 194 g/mol. The van der Waals surface area contributed by atoms with Gasteiger partial charge in [0.25, 0.3) is 0 Å². The molecule has 78 valence electrons. The average molecular weight is 205 g/mol. The van der Waals surface area contributed by atoms with Crippen LogP contribution in [0.1, 0.15) is 11.7 Å². The van der Waals surface area contributed by atoms with E-state index in [9.17, 15) is 0 Å². The van der Waals surface area contributed by atoms with Gasteiger partial charge in [-0.05, 0) is 17.7 Å². The van der Waals surface area contributed by atoms with Crippen LogP contribution in [0.3, 0.4) is 0 Å². The van der Waals surface area contributed by atoms with Crippen molar-refractivity contribution >= 4 is 0 Å². The van der Waals surface area contributed by atoms with Gasteiger partial charge in [-0.25, -0.2) is 0 Å². The van der Waals surface area contributed by atoms with Gasteiger partial charge in [0.1, 0.15) is 13.2 Å². The summed E-state index contributed by atoms with van der Waals surface area (Å²) in [7, 11) is 1.50. The first-order chi connectivity index (χ1) is 7.35. The van der Waals surface area contributed by atoms with Gasteiger partial charge in [0.15, 0.2) is 17.6 Å². The lowest BCUT2D eigenvalue weighted by molar-refractivity contribution is 0.146. The summed E-state index contributed by atoms with van der Waals surface area (Å²) >= 11 is 0. The van der Waals surface area contributed by atoms with Crippen molar-refractivity contribution in [3.63, 3.8) is 0 Å². The van der Waals surface area contributed by atoms with Crippen LogP contribution in [0.4, 0.5) is 0 Å². The Balaban J connectivity index is 2.32. The summed E-state index contributed by atoms with van der Waals surface area (Å²) in [6.45, 7) is 1.11. The molecule has 1 aromatic rings. The van der Waals surface area contributed by atoms with Gasteiger partial charge in [0.05, 0.1) is 6.07 Å². The van der Waals surface area contributed by atoms with Gasteiger partial charge in [-0.15, -0.1) is 0 Å². The largest absolute Gasteiger partial charge is 0.486 e. The number of ether oxygens (including phenoxy) is 3. The highest BCUT2D eigenvalue weighted by Crippen LogP contribution is 2.33. The number of hydrogen-bond donors (Lipinski definition) is 0. The smallest absolute Gasteiger partial charge is 0.168 e. The Kier molecular flexibility index (Phi) is 2.75. The van der Waals surface area contributed by atoms with Gasteiger partial charge >= 0.3 is 0 Å². The van der Waals surface area contributed by atoms with Gasteiger partial charge in [-0.1, -0.05) is 6.07 Å². The van der Waals surface area contributed by atoms with E-state index in [0.717, 1.165) is 11.3 Å². The van der Waals surface area contributed by atoms with E-state index in [-0.39, 0.29) is 0 Å². The molecular formula is C11H11NO3. The molecule has 0 amide bonds. The predicted molar refractivity (Wildman–Crippen MR) is 52.8 cm³/mol. The van der Waals surface area contributed by atoms with E-state index in [4.69, 9.17) is 19.5 Å². The van der Waals surface area contributed by atoms with E-state index in [1.54, 1.807) is 12.1 Å². The van der Waals surface area contributed by atoms with Crippen molar-refractivity contribution in [1.82, 2.24) is 0 Å². The zero-order valence-corrected chi connectivity index (χ0v) is 8.40. The number of fused-ring (bicyclic) bond motifs is 1. The Bertz CT molecular complexity index is 397. The third kappa shape index (κ3) is 1.88. The molecule has 0 N–H and O–H groups in total. The molecule has 2 rings (SSSR count). The second kappa shape index (κ2) is 4.20. The molecule has 0 aromatic heterocycles. The summed E-state index contributed by atoms with van der Waals surface area (Å²) in [6, 6.07) is 7.45. The van der Waals surface area contributed by atoms with Crippen molar-refractivity contribution in [2.75, 3.05) is 20.3 Å². The van der Waals surface area contributed by atoms with Crippen molar-refractivity contribution in [2.45, 2.75) is 6.10 Å². The average Bonchev–Trinajstić information content (AvgIpc) is 2.30. The van der Waals surface area contributed by atoms with E-state index < -0.39 is 6.10 Å². The van der Waals surface area contributed by atoms with E-state index in [0.29, 0.717) is 19.0 Å². The summed E-state index contributed by atoms with van der Waals surface area (Å²) in [5.41, 5.74) is 0.782. The second-order valence-corrected chi connectivity index (χ2v) is 3.15. The molecule has 0 radical (unpaired) electrons. The first-order valence-electron chi connectivity index (χ1n) is 4.67. The highest BCUT2D eigenvalue weighted by Gasteiger charge is 2.15. The lowest BCUT2D eigenvalue weighted by atomic mass is 10.1. The Morgan fingerprint density at radius 3 is 2.73 bits per heavy atom. The van der Waals surface area contributed by atoms with Crippen LogP contribution < -0.4 is 9.47 Å². The van der Waals surface area contributed by atoms with Crippen LogP contribution >= 0.6 is 0 Å². The van der Waals surface area contributed by atoms with E-state index in [1.165, 1.54) is 7.11 Å². The number of rotatable bonds is 2. The fraction of sp³-hybridized carbons (Fsp3) is 0.364. The van der Waals surface area contributed by atoms with Crippen molar-refractivity contribution < 1.29 is 14.2 Å². The third-order valence-corrected chi connectivity index (χ3v) is 2.22. The van der Waals surface area contributed by atoms with Crippen LogP contribution in [0.5, 0.6) is 11.5 Å². The highest BCUT2D eigenvalue weighted by atomic mass is 16.6. The molecule has 15 heavy (non-hydrogen) atoms. The molecule has 4 nitrogen and oxygen atoms in total. The fourth-order valence-corrected chi connectivity index (χ4v) is 1.49. The van der Waals surface area contributed by atoms with Gasteiger partial charge in [-0.3, -0.25) is 0 Å². The maximum Gasteiger partial charge on any atom is 0.168 e. The zero-order valence-electron chi connectivity index (χ0n) is 8.40. The van der Waals surface area contributed by atoms with Gasteiger partial charge < -0.3 is 14.2 Å². The minimum absolute atomic E-state index is 0.542. The number of hydrogen-bond acceptors (Lipinski definition) is 4. The minimum Gasteiger partial charge on any atom is -0.486 e. The molecule has 0 saturated heterocycles. The minimum atomic E-state index is -0.555. The molecule has 1 atom stereocenters. The van der Waals surface area contributed by atoms with Crippen molar-refractivity contribution in [3.05, 3.63) is 23.8 Å². The van der Waals surface area contributed by atoms with Crippen molar-refractivity contribution in [1.29, 1.82) is 5.26 Å². The SMILES string of the molecule is COC(C#N)c1ccc2c(c1)OCCO2. The summed E-state index contributed by atoms with van der Waals surface area (Å²) in [4.78, 5) is 0. The summed E-state index contributed by atoms with van der Waals surface area (Å²) in [5, 5.41) is 8.84.